The van der Waals surface area contributed by atoms with E-state index in [9.17, 15) is 0 Å². The van der Waals surface area contributed by atoms with E-state index < -0.39 is 0 Å². The number of hydrogen-bond acceptors (Lipinski definition) is 2. The van der Waals surface area contributed by atoms with Crippen LogP contribution in [0.1, 0.15) is 12.6 Å². The summed E-state index contributed by atoms with van der Waals surface area (Å²) in [5.41, 5.74) is 3.98. The molecule has 0 bridgehead atoms. The van der Waals surface area contributed by atoms with Crippen molar-refractivity contribution in [2.24, 2.45) is 0 Å². The molecule has 0 saturated heterocycles. The minimum atomic E-state index is 0.710. The van der Waals surface area contributed by atoms with Crippen molar-refractivity contribution in [1.82, 2.24) is 15.0 Å². The highest BCUT2D eigenvalue weighted by Crippen LogP contribution is 2.23. The second kappa shape index (κ2) is 4.42. The Hall–Kier alpha value is -1.87. The summed E-state index contributed by atoms with van der Waals surface area (Å²) in [6, 6.07) is 9.66. The van der Waals surface area contributed by atoms with E-state index in [4.69, 9.17) is 11.6 Å². The maximum Gasteiger partial charge on any atom is 0.138 e. The minimum Gasteiger partial charge on any atom is -0.338 e. The third-order valence-corrected chi connectivity index (χ3v) is 3.13. The lowest BCUT2D eigenvalue weighted by atomic mass is 10.2. The Morgan fingerprint density at radius 3 is 2.94 bits per heavy atom. The Balaban J connectivity index is 2.13. The van der Waals surface area contributed by atoms with Crippen molar-refractivity contribution in [3.05, 3.63) is 47.2 Å². The van der Waals surface area contributed by atoms with Crippen LogP contribution in [0.3, 0.4) is 0 Å². The first kappa shape index (κ1) is 11.2. The molecule has 0 aliphatic heterocycles. The van der Waals surface area contributed by atoms with Crippen molar-refractivity contribution in [2.45, 2.75) is 13.3 Å². The zero-order chi connectivity index (χ0) is 12.5. The van der Waals surface area contributed by atoms with Crippen molar-refractivity contribution in [3.8, 4) is 11.4 Å². The lowest BCUT2D eigenvalue weighted by molar-refractivity contribution is 1.03. The summed E-state index contributed by atoms with van der Waals surface area (Å²) in [4.78, 5) is 12.1. The maximum absolute atomic E-state index is 5.96. The van der Waals surface area contributed by atoms with Crippen LogP contribution in [0.4, 0.5) is 0 Å². The highest BCUT2D eigenvalue weighted by atomic mass is 35.5. The molecule has 0 unspecified atom stereocenters. The fourth-order valence-corrected chi connectivity index (χ4v) is 2.11. The summed E-state index contributed by atoms with van der Waals surface area (Å²) >= 11 is 5.96. The van der Waals surface area contributed by atoms with Crippen LogP contribution in [-0.4, -0.2) is 15.0 Å². The summed E-state index contributed by atoms with van der Waals surface area (Å²) in [6.07, 6.45) is 2.73. The zero-order valence-electron chi connectivity index (χ0n) is 9.94. The van der Waals surface area contributed by atoms with Crippen LogP contribution in [0.15, 0.2) is 36.5 Å². The lowest BCUT2D eigenvalue weighted by Gasteiger charge is -1.99. The second-order valence-corrected chi connectivity index (χ2v) is 4.57. The molecule has 2 aromatic heterocycles. The smallest absolute Gasteiger partial charge is 0.138 e. The quantitative estimate of drug-likeness (QED) is 0.758. The maximum atomic E-state index is 5.96. The van der Waals surface area contributed by atoms with Crippen LogP contribution < -0.4 is 0 Å². The summed E-state index contributed by atoms with van der Waals surface area (Å²) < 4.78 is 0. The van der Waals surface area contributed by atoms with Gasteiger partial charge in [-0.25, -0.2) is 4.98 Å². The Kier molecular flexibility index (Phi) is 2.76. The van der Waals surface area contributed by atoms with E-state index >= 15 is 0 Å². The molecule has 0 aliphatic carbocycles. The van der Waals surface area contributed by atoms with Gasteiger partial charge in [0.15, 0.2) is 0 Å². The van der Waals surface area contributed by atoms with Gasteiger partial charge < -0.3 is 4.98 Å². The average Bonchev–Trinajstić information content (AvgIpc) is 2.81. The van der Waals surface area contributed by atoms with Gasteiger partial charge in [-0.05, 0) is 36.8 Å². The normalized spacial score (nSPS) is 11.0. The standard InChI is InChI=1S/C14H12ClN3/c1-2-11-7-9(5-6-16-11)14-17-12-4-3-10(15)8-13(12)18-14/h3-8H,2H2,1H3,(H,17,18). The summed E-state index contributed by atoms with van der Waals surface area (Å²) in [5.74, 6) is 0.851. The first-order valence-electron chi connectivity index (χ1n) is 5.87. The molecule has 0 saturated carbocycles. The van der Waals surface area contributed by atoms with Gasteiger partial charge in [-0.2, -0.15) is 0 Å². The fraction of sp³-hybridized carbons (Fsp3) is 0.143. The number of H-pyrrole nitrogens is 1. The molecular weight excluding hydrogens is 246 g/mol. The number of rotatable bonds is 2. The highest BCUT2D eigenvalue weighted by Gasteiger charge is 2.06. The summed E-state index contributed by atoms with van der Waals surface area (Å²) in [6.45, 7) is 2.09. The molecule has 0 atom stereocenters. The van der Waals surface area contributed by atoms with Gasteiger partial charge in [0.2, 0.25) is 0 Å². The third kappa shape index (κ3) is 1.97. The summed E-state index contributed by atoms with van der Waals surface area (Å²) in [7, 11) is 0. The molecule has 0 aliphatic rings. The van der Waals surface area contributed by atoms with E-state index in [1.54, 1.807) is 0 Å². The van der Waals surface area contributed by atoms with Gasteiger partial charge in [0.05, 0.1) is 11.0 Å². The van der Waals surface area contributed by atoms with Crippen LogP contribution in [0.5, 0.6) is 0 Å². The Bertz CT molecular complexity index is 703. The molecule has 1 N–H and O–H groups in total. The van der Waals surface area contributed by atoms with Gasteiger partial charge in [0.1, 0.15) is 5.82 Å². The lowest BCUT2D eigenvalue weighted by Crippen LogP contribution is -1.88. The van der Waals surface area contributed by atoms with Crippen molar-refractivity contribution in [3.63, 3.8) is 0 Å². The zero-order valence-corrected chi connectivity index (χ0v) is 10.7. The van der Waals surface area contributed by atoms with Crippen molar-refractivity contribution < 1.29 is 0 Å². The molecule has 0 amide bonds. The molecule has 1 aromatic carbocycles. The largest absolute Gasteiger partial charge is 0.338 e. The molecule has 4 heteroatoms. The van der Waals surface area contributed by atoms with Gasteiger partial charge in [-0.1, -0.05) is 18.5 Å². The van der Waals surface area contributed by atoms with Crippen molar-refractivity contribution in [1.29, 1.82) is 0 Å². The molecule has 18 heavy (non-hydrogen) atoms. The highest BCUT2D eigenvalue weighted by molar-refractivity contribution is 6.31. The topological polar surface area (TPSA) is 41.6 Å². The molecular formula is C14H12ClN3. The number of fused-ring (bicyclic) bond motifs is 1. The number of benzene rings is 1. The van der Waals surface area contributed by atoms with Gasteiger partial charge >= 0.3 is 0 Å². The fourth-order valence-electron chi connectivity index (χ4n) is 1.94. The molecule has 3 aromatic rings. The monoisotopic (exact) mass is 257 g/mol. The number of pyridine rings is 1. The number of imidazole rings is 1. The number of aromatic nitrogens is 3. The Morgan fingerprint density at radius 1 is 1.22 bits per heavy atom. The molecule has 90 valence electrons. The molecule has 2 heterocycles. The van der Waals surface area contributed by atoms with Crippen LogP contribution in [0.25, 0.3) is 22.4 Å². The molecule has 0 radical (unpaired) electrons. The predicted octanol–water partition coefficient (Wildman–Crippen LogP) is 3.84. The number of nitrogens with one attached hydrogen (secondary N) is 1. The molecule has 0 spiro atoms. The van der Waals surface area contributed by atoms with E-state index in [1.807, 2.05) is 30.5 Å². The van der Waals surface area contributed by atoms with E-state index in [1.165, 1.54) is 0 Å². The molecule has 3 nitrogen and oxygen atoms in total. The van der Waals surface area contributed by atoms with Gasteiger partial charge in [0, 0.05) is 22.5 Å². The molecule has 0 fully saturated rings. The van der Waals surface area contributed by atoms with E-state index in [2.05, 4.69) is 27.9 Å². The Labute approximate surface area is 110 Å². The van der Waals surface area contributed by atoms with E-state index in [-0.39, 0.29) is 0 Å². The van der Waals surface area contributed by atoms with Crippen molar-refractivity contribution >= 4 is 22.6 Å². The minimum absolute atomic E-state index is 0.710. The van der Waals surface area contributed by atoms with Crippen molar-refractivity contribution in [2.75, 3.05) is 0 Å². The van der Waals surface area contributed by atoms with Gasteiger partial charge in [-0.15, -0.1) is 0 Å². The van der Waals surface area contributed by atoms with E-state index in [0.29, 0.717) is 5.02 Å². The number of aromatic amines is 1. The Morgan fingerprint density at radius 2 is 2.11 bits per heavy atom. The third-order valence-electron chi connectivity index (χ3n) is 2.90. The molecule has 3 rings (SSSR count). The number of nitrogens with zero attached hydrogens (tertiary/aromatic N) is 2. The second-order valence-electron chi connectivity index (χ2n) is 4.14. The van der Waals surface area contributed by atoms with Crippen LogP contribution in [0, 0.1) is 0 Å². The number of aryl methyl sites for hydroxylation is 1. The van der Waals surface area contributed by atoms with Gasteiger partial charge in [0.25, 0.3) is 0 Å². The number of halogens is 1. The van der Waals surface area contributed by atoms with Crippen LogP contribution in [-0.2, 0) is 6.42 Å². The van der Waals surface area contributed by atoms with E-state index in [0.717, 1.165) is 34.5 Å². The predicted molar refractivity (Wildman–Crippen MR) is 73.7 cm³/mol. The first-order valence-corrected chi connectivity index (χ1v) is 6.24. The summed E-state index contributed by atoms with van der Waals surface area (Å²) in [5, 5.41) is 0.710. The van der Waals surface area contributed by atoms with Gasteiger partial charge in [-0.3, -0.25) is 4.98 Å². The average molecular weight is 258 g/mol. The van der Waals surface area contributed by atoms with Crippen LogP contribution in [0.2, 0.25) is 5.02 Å². The number of hydrogen-bond donors (Lipinski definition) is 1. The SMILES string of the molecule is CCc1cc(-c2nc3ccc(Cl)cc3[nH]2)ccn1. The first-order chi connectivity index (χ1) is 8.76. The van der Waals surface area contributed by atoms with Crippen LogP contribution >= 0.6 is 11.6 Å².